The Balaban J connectivity index is 0.00000432. The second kappa shape index (κ2) is 11.8. The van der Waals surface area contributed by atoms with E-state index in [9.17, 15) is 19.8 Å². The molecule has 1 aromatic heterocycles. The Kier molecular flexibility index (Phi) is 9.07. The molecule has 0 bridgehead atoms. The number of para-hydroxylation sites is 2. The lowest BCUT2D eigenvalue weighted by Crippen LogP contribution is -2.11. The fourth-order valence-corrected chi connectivity index (χ4v) is 3.40. The zero-order chi connectivity index (χ0) is 24.8. The number of carboxylic acid groups (broad SMARTS) is 2. The molecule has 0 saturated carbocycles. The zero-order valence-corrected chi connectivity index (χ0v) is 20.5. The number of hydrogen-bond acceptors (Lipinski definition) is 7. The van der Waals surface area contributed by atoms with Crippen LogP contribution in [0.3, 0.4) is 0 Å². The molecule has 0 atom stereocenters. The SMILES string of the molecule is C/C(=N\Nc1ccccc1C(=O)O)c1cc(/C(C)=N/Nc2ccccc2C(=O)O)c(C)nc1C.Cl. The van der Waals surface area contributed by atoms with Crippen LogP contribution in [0.4, 0.5) is 11.4 Å². The van der Waals surface area contributed by atoms with Crippen LogP contribution in [0.15, 0.2) is 64.8 Å². The zero-order valence-electron chi connectivity index (χ0n) is 19.7. The third-order valence-electron chi connectivity index (χ3n) is 5.19. The summed E-state index contributed by atoms with van der Waals surface area (Å²) in [6.45, 7) is 7.33. The molecule has 35 heavy (non-hydrogen) atoms. The number of halogens is 1. The van der Waals surface area contributed by atoms with E-state index in [4.69, 9.17) is 0 Å². The number of benzene rings is 2. The summed E-state index contributed by atoms with van der Waals surface area (Å²) in [7, 11) is 0. The lowest BCUT2D eigenvalue weighted by Gasteiger charge is -2.13. The number of hydrogen-bond donors (Lipinski definition) is 4. The van der Waals surface area contributed by atoms with Gasteiger partial charge in [-0.2, -0.15) is 10.2 Å². The van der Waals surface area contributed by atoms with Gasteiger partial charge in [-0.1, -0.05) is 24.3 Å². The number of rotatable bonds is 8. The molecule has 3 rings (SSSR count). The number of anilines is 2. The quantitative estimate of drug-likeness (QED) is 0.249. The van der Waals surface area contributed by atoms with Gasteiger partial charge in [-0.05, 0) is 58.0 Å². The monoisotopic (exact) mass is 495 g/mol. The number of carboxylic acids is 2. The van der Waals surface area contributed by atoms with Crippen molar-refractivity contribution in [3.8, 4) is 0 Å². The summed E-state index contributed by atoms with van der Waals surface area (Å²) in [6, 6.07) is 14.9. The Bertz CT molecular complexity index is 1220. The number of pyridine rings is 1. The van der Waals surface area contributed by atoms with Crippen molar-refractivity contribution in [2.24, 2.45) is 10.2 Å². The molecule has 0 spiro atoms. The molecule has 3 aromatic rings. The van der Waals surface area contributed by atoms with Gasteiger partial charge in [-0.3, -0.25) is 15.8 Å². The van der Waals surface area contributed by atoms with Gasteiger partial charge in [0.1, 0.15) is 0 Å². The molecule has 0 aliphatic carbocycles. The minimum Gasteiger partial charge on any atom is -0.478 e. The van der Waals surface area contributed by atoms with Gasteiger partial charge in [0.25, 0.3) is 0 Å². The first-order valence-electron chi connectivity index (χ1n) is 10.4. The minimum absolute atomic E-state index is 0. The summed E-state index contributed by atoms with van der Waals surface area (Å²) in [5.74, 6) is -2.09. The summed E-state index contributed by atoms with van der Waals surface area (Å²) in [6.07, 6.45) is 0. The molecular formula is C25H26ClN5O4. The van der Waals surface area contributed by atoms with Gasteiger partial charge in [0.2, 0.25) is 0 Å². The van der Waals surface area contributed by atoms with Crippen molar-refractivity contribution >= 4 is 47.1 Å². The topological polar surface area (TPSA) is 136 Å². The highest BCUT2D eigenvalue weighted by Crippen LogP contribution is 2.19. The number of carbonyl (C=O) groups is 2. The number of nitrogens with one attached hydrogen (secondary N) is 2. The number of hydrazone groups is 2. The number of aromatic carboxylic acids is 2. The van der Waals surface area contributed by atoms with E-state index >= 15 is 0 Å². The van der Waals surface area contributed by atoms with Gasteiger partial charge in [0.05, 0.1) is 33.9 Å². The Morgan fingerprint density at radius 1 is 0.714 bits per heavy atom. The van der Waals surface area contributed by atoms with Crippen molar-refractivity contribution in [3.63, 3.8) is 0 Å². The molecule has 0 radical (unpaired) electrons. The van der Waals surface area contributed by atoms with Gasteiger partial charge in [0.15, 0.2) is 0 Å². The van der Waals surface area contributed by atoms with Crippen molar-refractivity contribution in [2.75, 3.05) is 10.9 Å². The Labute approximate surface area is 209 Å². The maximum absolute atomic E-state index is 11.4. The molecule has 9 nitrogen and oxygen atoms in total. The third-order valence-corrected chi connectivity index (χ3v) is 5.19. The van der Waals surface area contributed by atoms with Crippen molar-refractivity contribution in [2.45, 2.75) is 27.7 Å². The van der Waals surface area contributed by atoms with E-state index in [1.54, 1.807) is 50.2 Å². The predicted molar refractivity (Wildman–Crippen MR) is 139 cm³/mol. The van der Waals surface area contributed by atoms with Gasteiger partial charge < -0.3 is 10.2 Å². The highest BCUT2D eigenvalue weighted by atomic mass is 35.5. The van der Waals surface area contributed by atoms with Crippen LogP contribution < -0.4 is 10.9 Å². The number of aromatic nitrogens is 1. The second-order valence-electron chi connectivity index (χ2n) is 7.57. The fourth-order valence-electron chi connectivity index (χ4n) is 3.40. The Morgan fingerprint density at radius 3 is 1.46 bits per heavy atom. The van der Waals surface area contributed by atoms with Crippen molar-refractivity contribution in [3.05, 3.63) is 88.2 Å². The first-order valence-corrected chi connectivity index (χ1v) is 10.4. The van der Waals surface area contributed by atoms with Crippen LogP contribution in [0.1, 0.15) is 57.1 Å². The highest BCUT2D eigenvalue weighted by molar-refractivity contribution is 6.05. The van der Waals surface area contributed by atoms with E-state index in [0.717, 1.165) is 22.5 Å². The van der Waals surface area contributed by atoms with Crippen LogP contribution in [-0.4, -0.2) is 38.6 Å². The summed E-state index contributed by atoms with van der Waals surface area (Å²) in [5, 5.41) is 27.4. The normalized spacial score (nSPS) is 11.4. The maximum atomic E-state index is 11.4. The largest absolute Gasteiger partial charge is 0.478 e. The molecule has 4 N–H and O–H groups in total. The van der Waals surface area contributed by atoms with Crippen molar-refractivity contribution in [1.82, 2.24) is 4.98 Å². The van der Waals surface area contributed by atoms with E-state index in [0.29, 0.717) is 22.8 Å². The van der Waals surface area contributed by atoms with Crippen LogP contribution in [-0.2, 0) is 0 Å². The number of nitrogens with zero attached hydrogens (tertiary/aromatic N) is 3. The molecule has 10 heteroatoms. The first kappa shape index (κ1) is 27.0. The van der Waals surface area contributed by atoms with Gasteiger partial charge >= 0.3 is 11.9 Å². The minimum atomic E-state index is -1.05. The van der Waals surface area contributed by atoms with Crippen LogP contribution >= 0.6 is 12.4 Å². The Morgan fingerprint density at radius 2 is 1.09 bits per heavy atom. The van der Waals surface area contributed by atoms with Crippen LogP contribution in [0, 0.1) is 13.8 Å². The summed E-state index contributed by atoms with van der Waals surface area (Å²) < 4.78 is 0. The molecule has 0 aliphatic heterocycles. The second-order valence-corrected chi connectivity index (χ2v) is 7.57. The smallest absolute Gasteiger partial charge is 0.337 e. The standard InChI is InChI=1S/C25H25N5O4.ClH/c1-14-20(16(3)27-29-22-11-7-5-9-18(22)24(31)32)13-21(15(2)26-14)17(4)28-30-23-12-8-6-10-19(23)25(33)34;/h5-13,29-30H,1-4H3,(H,31,32)(H,33,34);1H/b27-16+,28-17+;. The molecule has 182 valence electrons. The average Bonchev–Trinajstić information content (AvgIpc) is 2.81. The predicted octanol–water partition coefficient (Wildman–Crippen LogP) is 5.19. The van der Waals surface area contributed by atoms with Crippen LogP contribution in [0.2, 0.25) is 0 Å². The maximum Gasteiger partial charge on any atom is 0.337 e. The first-order chi connectivity index (χ1) is 16.2. The molecule has 0 fully saturated rings. The van der Waals surface area contributed by atoms with E-state index in [1.165, 1.54) is 12.1 Å². The summed E-state index contributed by atoms with van der Waals surface area (Å²) in [5.41, 5.74) is 10.9. The van der Waals surface area contributed by atoms with E-state index in [2.05, 4.69) is 26.0 Å². The molecular weight excluding hydrogens is 470 g/mol. The van der Waals surface area contributed by atoms with Crippen LogP contribution in [0.5, 0.6) is 0 Å². The molecule has 2 aromatic carbocycles. The van der Waals surface area contributed by atoms with E-state index in [1.807, 2.05) is 19.9 Å². The fraction of sp³-hybridized carbons (Fsp3) is 0.160. The van der Waals surface area contributed by atoms with Crippen LogP contribution in [0.25, 0.3) is 0 Å². The molecule has 0 saturated heterocycles. The van der Waals surface area contributed by atoms with E-state index < -0.39 is 11.9 Å². The third kappa shape index (κ3) is 6.42. The van der Waals surface area contributed by atoms with Gasteiger partial charge in [-0.15, -0.1) is 12.4 Å². The lowest BCUT2D eigenvalue weighted by atomic mass is 10.0. The summed E-state index contributed by atoms with van der Waals surface area (Å²) >= 11 is 0. The number of aryl methyl sites for hydroxylation is 2. The van der Waals surface area contributed by atoms with E-state index in [-0.39, 0.29) is 23.5 Å². The van der Waals surface area contributed by atoms with Crippen molar-refractivity contribution in [1.29, 1.82) is 0 Å². The van der Waals surface area contributed by atoms with Gasteiger partial charge in [-0.25, -0.2) is 9.59 Å². The molecule has 0 aliphatic rings. The lowest BCUT2D eigenvalue weighted by molar-refractivity contribution is 0.0687. The van der Waals surface area contributed by atoms with Crippen molar-refractivity contribution < 1.29 is 19.8 Å². The Hall–Kier alpha value is -4.24. The summed E-state index contributed by atoms with van der Waals surface area (Å²) in [4.78, 5) is 27.5. The molecule has 0 amide bonds. The molecule has 0 unspecified atom stereocenters. The molecule has 1 heterocycles. The highest BCUT2D eigenvalue weighted by Gasteiger charge is 2.13. The average molecular weight is 496 g/mol. The van der Waals surface area contributed by atoms with Gasteiger partial charge in [0, 0.05) is 22.5 Å².